The molecule has 3 aliphatic carbocycles. The molecule has 4 aliphatic rings. The van der Waals surface area contributed by atoms with Crippen molar-refractivity contribution in [1.29, 1.82) is 0 Å². The van der Waals surface area contributed by atoms with E-state index < -0.39 is 0 Å². The third-order valence-electron chi connectivity index (χ3n) is 8.95. The van der Waals surface area contributed by atoms with Gasteiger partial charge in [-0.05, 0) is 104 Å². The molecule has 1 aliphatic heterocycles. The Morgan fingerprint density at radius 1 is 1.22 bits per heavy atom. The van der Waals surface area contributed by atoms with Crippen LogP contribution in [0.1, 0.15) is 49.8 Å². The molecule has 5 heteroatoms. The van der Waals surface area contributed by atoms with Crippen molar-refractivity contribution in [3.63, 3.8) is 0 Å². The molecule has 1 spiro atoms. The topological polar surface area (TPSA) is 50.4 Å². The van der Waals surface area contributed by atoms with Crippen molar-refractivity contribution in [2.45, 2.75) is 56.6 Å². The summed E-state index contributed by atoms with van der Waals surface area (Å²) in [7, 11) is 0. The number of thioether (sulfide) groups is 1. The number of aliphatic hydroxyl groups is 1. The predicted octanol–water partition coefficient (Wildman–Crippen LogP) is 6.19. The van der Waals surface area contributed by atoms with Crippen LogP contribution in [0.4, 0.5) is 0 Å². The average molecular weight is 471 g/mol. The molecular weight excluding hydrogens is 440 g/mol. The Labute approximate surface area is 199 Å². The van der Waals surface area contributed by atoms with E-state index in [0.29, 0.717) is 28.6 Å². The van der Waals surface area contributed by atoms with Crippen LogP contribution in [0, 0.1) is 29.1 Å². The summed E-state index contributed by atoms with van der Waals surface area (Å²) < 4.78 is 6.34. The van der Waals surface area contributed by atoms with Gasteiger partial charge >= 0.3 is 0 Å². The summed E-state index contributed by atoms with van der Waals surface area (Å²) >= 11 is 7.92. The van der Waals surface area contributed by atoms with Crippen molar-refractivity contribution in [1.82, 2.24) is 0 Å². The second-order valence-corrected chi connectivity index (χ2v) is 12.1. The molecule has 4 fully saturated rings. The average Bonchev–Trinajstić information content (AvgIpc) is 3.22. The van der Waals surface area contributed by atoms with Gasteiger partial charge in [-0.1, -0.05) is 11.6 Å². The normalized spacial score (nSPS) is 34.9. The lowest BCUT2D eigenvalue weighted by Crippen LogP contribution is -2.28. The first-order valence-electron chi connectivity index (χ1n) is 12.2. The smallest absolute Gasteiger partial charge is 0.150 e. The fourth-order valence-corrected chi connectivity index (χ4v) is 8.60. The minimum absolute atomic E-state index is 0.0220. The molecule has 0 radical (unpaired) electrons. The van der Waals surface area contributed by atoms with Gasteiger partial charge in [-0.2, -0.15) is 0 Å². The highest BCUT2D eigenvalue weighted by atomic mass is 35.5. The van der Waals surface area contributed by atoms with Crippen LogP contribution in [0.15, 0.2) is 34.7 Å². The molecule has 170 valence electrons. The second kappa shape index (κ2) is 8.21. The van der Waals surface area contributed by atoms with Gasteiger partial charge in [0, 0.05) is 35.3 Å². The first kappa shape index (κ1) is 21.3. The van der Waals surface area contributed by atoms with E-state index in [9.17, 15) is 9.90 Å². The van der Waals surface area contributed by atoms with Gasteiger partial charge in [-0.15, -0.1) is 11.8 Å². The van der Waals surface area contributed by atoms with E-state index in [4.69, 9.17) is 16.0 Å². The molecule has 0 amide bonds. The fourth-order valence-electron chi connectivity index (χ4n) is 7.01. The van der Waals surface area contributed by atoms with Gasteiger partial charge in [-0.25, -0.2) is 0 Å². The van der Waals surface area contributed by atoms with Crippen LogP contribution in [-0.4, -0.2) is 28.5 Å². The van der Waals surface area contributed by atoms with Crippen LogP contribution in [-0.2, 0) is 17.6 Å². The Bertz CT molecular complexity index is 1010. The largest absolute Gasteiger partial charge is 0.461 e. The molecule has 2 heterocycles. The van der Waals surface area contributed by atoms with Crippen molar-refractivity contribution in [2.75, 3.05) is 12.4 Å². The molecule has 32 heavy (non-hydrogen) atoms. The number of carbonyl (C=O) groups is 1. The predicted molar refractivity (Wildman–Crippen MR) is 129 cm³/mol. The quantitative estimate of drug-likeness (QED) is 0.467. The molecule has 1 aromatic carbocycles. The first-order chi connectivity index (χ1) is 15.6. The van der Waals surface area contributed by atoms with Gasteiger partial charge in [0.25, 0.3) is 0 Å². The first-order valence-corrected chi connectivity index (χ1v) is 13.7. The van der Waals surface area contributed by atoms with Crippen molar-refractivity contribution in [2.24, 2.45) is 29.1 Å². The van der Waals surface area contributed by atoms with Gasteiger partial charge < -0.3 is 9.52 Å². The number of carbonyl (C=O) groups excluding carboxylic acids is 1. The highest BCUT2D eigenvalue weighted by Gasteiger charge is 2.72. The zero-order valence-corrected chi connectivity index (χ0v) is 20.0. The van der Waals surface area contributed by atoms with Crippen LogP contribution in [0.25, 0.3) is 11.3 Å². The lowest BCUT2D eigenvalue weighted by atomic mass is 9.71. The van der Waals surface area contributed by atoms with E-state index in [2.05, 4.69) is 6.07 Å². The maximum absolute atomic E-state index is 13.5. The maximum atomic E-state index is 13.5. The summed E-state index contributed by atoms with van der Waals surface area (Å²) in [5.74, 6) is 5.97. The zero-order valence-electron chi connectivity index (χ0n) is 18.4. The Morgan fingerprint density at radius 3 is 2.72 bits per heavy atom. The van der Waals surface area contributed by atoms with Crippen molar-refractivity contribution in [3.8, 4) is 11.3 Å². The molecule has 3 saturated carbocycles. The van der Waals surface area contributed by atoms with E-state index in [-0.39, 0.29) is 17.8 Å². The number of halogens is 1. The molecular formula is C27H31ClO3S. The van der Waals surface area contributed by atoms with E-state index in [1.54, 1.807) is 0 Å². The molecule has 3 nitrogen and oxygen atoms in total. The number of hydrogen-bond acceptors (Lipinski definition) is 4. The van der Waals surface area contributed by atoms with Gasteiger partial charge in [0.2, 0.25) is 0 Å². The lowest BCUT2D eigenvalue weighted by molar-refractivity contribution is -0.122. The van der Waals surface area contributed by atoms with E-state index >= 15 is 0 Å². The lowest BCUT2D eigenvalue weighted by Gasteiger charge is -2.34. The Morgan fingerprint density at radius 2 is 2.06 bits per heavy atom. The molecule has 1 aromatic heterocycles. The molecule has 1 N–H and O–H groups in total. The van der Waals surface area contributed by atoms with Gasteiger partial charge in [0.05, 0.1) is 5.25 Å². The molecule has 1 saturated heterocycles. The number of hydrogen-bond donors (Lipinski definition) is 1. The number of ketones is 1. The molecule has 6 rings (SSSR count). The number of rotatable bonds is 8. The minimum atomic E-state index is 0.0220. The second-order valence-electron chi connectivity index (χ2n) is 10.5. The molecule has 6 unspecified atom stereocenters. The minimum Gasteiger partial charge on any atom is -0.461 e. The molecule has 0 bridgehead atoms. The van der Waals surface area contributed by atoms with E-state index in [0.717, 1.165) is 53.9 Å². The number of benzene rings is 1. The number of furan rings is 1. The number of unbranched alkanes of at least 4 members (excludes halogenated alkanes) is 1. The SMILES string of the molecule is O=C1C(Cc2oc(-c3ccc(Cl)cc3)cc2CCCCO)SCC1C1CC2CCC23CC13. The third kappa shape index (κ3) is 3.49. The number of aryl methyl sites for hydroxylation is 1. The van der Waals surface area contributed by atoms with Crippen LogP contribution >= 0.6 is 23.4 Å². The van der Waals surface area contributed by atoms with Crippen LogP contribution < -0.4 is 0 Å². The van der Waals surface area contributed by atoms with E-state index in [1.807, 2.05) is 36.0 Å². The summed E-state index contributed by atoms with van der Waals surface area (Å²) in [5.41, 5.74) is 2.87. The van der Waals surface area contributed by atoms with E-state index in [1.165, 1.54) is 31.2 Å². The van der Waals surface area contributed by atoms with Crippen LogP contribution in [0.3, 0.4) is 0 Å². The fraction of sp³-hybridized carbons (Fsp3) is 0.593. The molecule has 6 atom stereocenters. The summed E-state index contributed by atoms with van der Waals surface area (Å²) in [5, 5.41) is 9.93. The van der Waals surface area contributed by atoms with Crippen molar-refractivity contribution >= 4 is 29.1 Å². The standard InChI is InChI=1S/C27H31ClO3S/c28-19-6-4-16(5-7-19)23-11-17(3-1-2-10-29)24(31-23)13-25-26(30)21(15-32-25)20-12-18-8-9-27(18)14-22(20)27/h4-7,11,18,20-22,25,29H,1-3,8-10,12-15H2. The van der Waals surface area contributed by atoms with Crippen molar-refractivity contribution in [3.05, 3.63) is 46.7 Å². The zero-order chi connectivity index (χ0) is 21.9. The van der Waals surface area contributed by atoms with Crippen LogP contribution in [0.5, 0.6) is 0 Å². The summed E-state index contributed by atoms with van der Waals surface area (Å²) in [6.07, 6.45) is 8.80. The summed E-state index contributed by atoms with van der Waals surface area (Å²) in [4.78, 5) is 13.5. The Hall–Kier alpha value is -1.23. The highest BCUT2D eigenvalue weighted by Crippen LogP contribution is 2.79. The Balaban J connectivity index is 1.19. The maximum Gasteiger partial charge on any atom is 0.150 e. The van der Waals surface area contributed by atoms with Crippen molar-refractivity contribution < 1.29 is 14.3 Å². The Kier molecular flexibility index (Phi) is 5.47. The summed E-state index contributed by atoms with van der Waals surface area (Å²) in [6.45, 7) is 0.209. The van der Waals surface area contributed by atoms with Crippen LogP contribution in [0.2, 0.25) is 5.02 Å². The number of aliphatic hydroxyl groups excluding tert-OH is 1. The number of Topliss-reactive ketones (excluding diaryl/α,β-unsaturated/α-hetero) is 1. The van der Waals surface area contributed by atoms with Gasteiger partial charge in [0.15, 0.2) is 0 Å². The van der Waals surface area contributed by atoms with Gasteiger partial charge in [0.1, 0.15) is 17.3 Å². The van der Waals surface area contributed by atoms with Gasteiger partial charge in [-0.3, -0.25) is 4.79 Å². The monoisotopic (exact) mass is 470 g/mol. The highest BCUT2D eigenvalue weighted by molar-refractivity contribution is 8.01. The molecule has 2 aromatic rings. The third-order valence-corrected chi connectivity index (χ3v) is 10.6. The summed E-state index contributed by atoms with van der Waals surface area (Å²) in [6, 6.07) is 9.84.